The third-order valence-corrected chi connectivity index (χ3v) is 11.9. The minimum atomic E-state index is -4.69. The number of esters is 3. The molecule has 15 heteroatoms. The first-order valence-electron chi connectivity index (χ1n) is 24.7. The lowest BCUT2D eigenvalue weighted by Crippen LogP contribution is -2.46. The minimum Gasteiger partial charge on any atom is -0.491 e. The molecule has 2 aliphatic heterocycles. The largest absolute Gasteiger partial charge is 0.491 e. The maximum absolute atomic E-state index is 15.1. The first-order valence-corrected chi connectivity index (χ1v) is 24.7. The summed E-state index contributed by atoms with van der Waals surface area (Å²) < 4.78 is 74.7. The summed E-state index contributed by atoms with van der Waals surface area (Å²) >= 11 is 0. The molecular formula is C55H77F3N4O8. The number of hydrogen-bond donors (Lipinski definition) is 0. The topological polar surface area (TPSA) is 110 Å². The van der Waals surface area contributed by atoms with Gasteiger partial charge in [-0.15, -0.1) is 0 Å². The zero-order chi connectivity index (χ0) is 51.3. The van der Waals surface area contributed by atoms with E-state index in [4.69, 9.17) is 23.7 Å². The third kappa shape index (κ3) is 18.7. The minimum absolute atomic E-state index is 0.0477. The standard InChI is InChI=1S/C55H77F3N4O8/c1-40-41(19-16-20-45(40)42-17-12-11-13-18-42)22-23-43-36-48(44(35-46(43)55(56,57)58)37-62-24-15-14-21-47(62)51(65)70-54(8,9)10)67-34-33-66-32-31-59-25-27-60(38-49(63)68-52(2,3)4)29-30-61(28-26-59)39-50(64)69-53(5,6)7/h11-13,16-20,22-23,35-36,47H,14-15,21,24-34,37-39H2,1-10H3/b23-22+/t47-/m0/s1. The Morgan fingerprint density at radius 3 is 1.79 bits per heavy atom. The zero-order valence-electron chi connectivity index (χ0n) is 43.2. The van der Waals surface area contributed by atoms with Gasteiger partial charge in [-0.1, -0.05) is 67.1 Å². The molecule has 0 N–H and O–H groups in total. The van der Waals surface area contributed by atoms with Crippen LogP contribution in [0, 0.1) is 6.92 Å². The Bertz CT molecular complexity index is 2170. The third-order valence-electron chi connectivity index (χ3n) is 11.9. The highest BCUT2D eigenvalue weighted by molar-refractivity contribution is 5.79. The summed E-state index contributed by atoms with van der Waals surface area (Å²) in [7, 11) is 0. The van der Waals surface area contributed by atoms with Crippen LogP contribution in [0.4, 0.5) is 13.2 Å². The van der Waals surface area contributed by atoms with Gasteiger partial charge >= 0.3 is 24.1 Å². The second-order valence-corrected chi connectivity index (χ2v) is 21.3. The second-order valence-electron chi connectivity index (χ2n) is 21.3. The fraction of sp³-hybridized carbons (Fsp3) is 0.582. The summed E-state index contributed by atoms with van der Waals surface area (Å²) in [5.74, 6) is -0.757. The van der Waals surface area contributed by atoms with Crippen molar-refractivity contribution in [1.29, 1.82) is 0 Å². The Balaban J connectivity index is 1.33. The van der Waals surface area contributed by atoms with E-state index >= 15 is 13.2 Å². The molecule has 12 nitrogen and oxygen atoms in total. The van der Waals surface area contributed by atoms with Crippen LogP contribution < -0.4 is 4.74 Å². The zero-order valence-corrected chi connectivity index (χ0v) is 43.2. The molecule has 2 saturated heterocycles. The molecule has 0 unspecified atom stereocenters. The van der Waals surface area contributed by atoms with Crippen LogP contribution in [0.2, 0.25) is 0 Å². The lowest BCUT2D eigenvalue weighted by Gasteiger charge is -2.36. The number of halogens is 3. The van der Waals surface area contributed by atoms with Gasteiger partial charge < -0.3 is 23.7 Å². The van der Waals surface area contributed by atoms with E-state index < -0.39 is 40.6 Å². The molecule has 0 saturated carbocycles. The molecule has 0 amide bonds. The number of alkyl halides is 3. The van der Waals surface area contributed by atoms with Gasteiger partial charge in [0.2, 0.25) is 0 Å². The van der Waals surface area contributed by atoms with Gasteiger partial charge in [-0.25, -0.2) is 0 Å². The van der Waals surface area contributed by atoms with E-state index in [1.807, 2.05) is 112 Å². The highest BCUT2D eigenvalue weighted by atomic mass is 19.4. The van der Waals surface area contributed by atoms with E-state index in [1.54, 1.807) is 26.8 Å². The van der Waals surface area contributed by atoms with Gasteiger partial charge in [0.15, 0.2) is 0 Å². The maximum Gasteiger partial charge on any atom is 0.417 e. The fourth-order valence-electron chi connectivity index (χ4n) is 8.60. The number of rotatable bonds is 17. The maximum atomic E-state index is 15.1. The van der Waals surface area contributed by atoms with E-state index in [0.717, 1.165) is 41.2 Å². The van der Waals surface area contributed by atoms with Crippen molar-refractivity contribution in [3.8, 4) is 16.9 Å². The lowest BCUT2D eigenvalue weighted by atomic mass is 9.95. The van der Waals surface area contributed by atoms with E-state index in [9.17, 15) is 14.4 Å². The Labute approximate surface area is 414 Å². The number of carbonyl (C=O) groups excluding carboxylic acids is 3. The summed E-state index contributed by atoms with van der Waals surface area (Å²) in [4.78, 5) is 47.4. The van der Waals surface area contributed by atoms with Crippen molar-refractivity contribution in [3.63, 3.8) is 0 Å². The summed E-state index contributed by atoms with van der Waals surface area (Å²) in [6.45, 7) is 23.9. The molecule has 386 valence electrons. The van der Waals surface area contributed by atoms with Crippen molar-refractivity contribution in [2.45, 2.75) is 124 Å². The SMILES string of the molecule is Cc1c(/C=C/c2cc(OCCOCCN3CCN(CC(=O)OC(C)(C)C)CCN(CC(=O)OC(C)(C)C)CC3)c(CN3CCCC[C@H]3C(=O)OC(C)(C)C)cc2C(F)(F)F)cccc1-c1ccccc1. The Kier molecular flexibility index (Phi) is 20.1. The first kappa shape index (κ1) is 56.1. The van der Waals surface area contributed by atoms with Crippen LogP contribution in [-0.2, 0) is 46.1 Å². The number of benzene rings is 3. The average molecular weight is 979 g/mol. The van der Waals surface area contributed by atoms with Crippen LogP contribution in [-0.4, -0.2) is 146 Å². The van der Waals surface area contributed by atoms with Crippen LogP contribution in [0.15, 0.2) is 60.7 Å². The summed E-state index contributed by atoms with van der Waals surface area (Å²) in [6.07, 6.45) is 0.644. The molecule has 0 radical (unpaired) electrons. The highest BCUT2D eigenvalue weighted by Gasteiger charge is 2.37. The molecule has 0 bridgehead atoms. The molecule has 2 heterocycles. The monoisotopic (exact) mass is 979 g/mol. The molecule has 0 aliphatic carbocycles. The van der Waals surface area contributed by atoms with Gasteiger partial charge in [0.1, 0.15) is 35.2 Å². The normalized spacial score (nSPS) is 17.7. The number of likely N-dealkylation sites (tertiary alicyclic amines) is 1. The smallest absolute Gasteiger partial charge is 0.417 e. The van der Waals surface area contributed by atoms with E-state index in [-0.39, 0.29) is 56.1 Å². The molecular weight excluding hydrogens is 902 g/mol. The van der Waals surface area contributed by atoms with Crippen LogP contribution in [0.1, 0.15) is 109 Å². The molecule has 1 atom stereocenters. The van der Waals surface area contributed by atoms with Crippen molar-refractivity contribution < 1.29 is 51.2 Å². The van der Waals surface area contributed by atoms with Crippen molar-refractivity contribution in [2.75, 3.05) is 85.3 Å². The molecule has 0 spiro atoms. The predicted molar refractivity (Wildman–Crippen MR) is 268 cm³/mol. The number of carbonyl (C=O) groups is 3. The number of nitrogens with zero attached hydrogens (tertiary/aromatic N) is 4. The molecule has 3 aromatic carbocycles. The van der Waals surface area contributed by atoms with Gasteiger partial charge in [-0.3, -0.25) is 34.0 Å². The van der Waals surface area contributed by atoms with Gasteiger partial charge in [0.05, 0.1) is 31.9 Å². The van der Waals surface area contributed by atoms with E-state index in [1.165, 1.54) is 12.1 Å². The number of piperidine rings is 1. The van der Waals surface area contributed by atoms with Gasteiger partial charge in [-0.2, -0.15) is 13.2 Å². The summed E-state index contributed by atoms with van der Waals surface area (Å²) in [6, 6.07) is 17.6. The van der Waals surface area contributed by atoms with Crippen molar-refractivity contribution in [3.05, 3.63) is 88.5 Å². The van der Waals surface area contributed by atoms with Gasteiger partial charge in [-0.05, 0) is 129 Å². The molecule has 3 aromatic rings. The first-order chi connectivity index (χ1) is 32.8. The number of ether oxygens (including phenoxy) is 5. The van der Waals surface area contributed by atoms with E-state index in [0.29, 0.717) is 70.9 Å². The number of hydrogen-bond acceptors (Lipinski definition) is 12. The molecule has 5 rings (SSSR count). The molecule has 0 aromatic heterocycles. The second kappa shape index (κ2) is 25.0. The Morgan fingerprint density at radius 2 is 1.21 bits per heavy atom. The van der Waals surface area contributed by atoms with Crippen molar-refractivity contribution >= 4 is 30.1 Å². The quantitative estimate of drug-likeness (QED) is 0.0556. The van der Waals surface area contributed by atoms with Crippen LogP contribution in [0.25, 0.3) is 23.3 Å². The Hall–Kier alpha value is -4.80. The van der Waals surface area contributed by atoms with E-state index in [2.05, 4.69) is 4.90 Å². The fourth-order valence-corrected chi connectivity index (χ4v) is 8.60. The Morgan fingerprint density at radius 1 is 0.643 bits per heavy atom. The lowest BCUT2D eigenvalue weighted by molar-refractivity contribution is -0.163. The molecule has 2 aliphatic rings. The molecule has 2 fully saturated rings. The predicted octanol–water partition coefficient (Wildman–Crippen LogP) is 9.55. The van der Waals surface area contributed by atoms with Crippen molar-refractivity contribution in [2.24, 2.45) is 0 Å². The van der Waals surface area contributed by atoms with Gasteiger partial charge in [0, 0.05) is 57.9 Å². The average Bonchev–Trinajstić information content (AvgIpc) is 3.33. The highest BCUT2D eigenvalue weighted by Crippen LogP contribution is 2.39. The summed E-state index contributed by atoms with van der Waals surface area (Å²) in [5, 5.41) is 0. The summed E-state index contributed by atoms with van der Waals surface area (Å²) in [5.41, 5.74) is 1.22. The van der Waals surface area contributed by atoms with Crippen LogP contribution in [0.3, 0.4) is 0 Å². The van der Waals surface area contributed by atoms with Crippen LogP contribution in [0.5, 0.6) is 5.75 Å². The van der Waals surface area contributed by atoms with Crippen LogP contribution >= 0.6 is 0 Å². The molecule has 70 heavy (non-hydrogen) atoms. The van der Waals surface area contributed by atoms with Crippen molar-refractivity contribution in [1.82, 2.24) is 19.6 Å². The van der Waals surface area contributed by atoms with Gasteiger partial charge in [0.25, 0.3) is 0 Å².